The van der Waals surface area contributed by atoms with Gasteiger partial charge in [0.15, 0.2) is 0 Å². The van der Waals surface area contributed by atoms with Crippen LogP contribution in [0.15, 0.2) is 23.4 Å². The lowest BCUT2D eigenvalue weighted by atomic mass is 9.94. The minimum absolute atomic E-state index is 0.0598. The Labute approximate surface area is 119 Å². The Kier molecular flexibility index (Phi) is 4.38. The maximum Gasteiger partial charge on any atom is 0.244 e. The Hall–Kier alpha value is -1.49. The average molecular weight is 294 g/mol. The van der Waals surface area contributed by atoms with E-state index in [0.717, 1.165) is 12.8 Å². The summed E-state index contributed by atoms with van der Waals surface area (Å²) in [6.45, 7) is 2.86. The summed E-state index contributed by atoms with van der Waals surface area (Å²) < 4.78 is 26.8. The lowest BCUT2D eigenvalue weighted by molar-refractivity contribution is 0.211. The van der Waals surface area contributed by atoms with Crippen molar-refractivity contribution in [1.29, 1.82) is 5.26 Å². The third-order valence-electron chi connectivity index (χ3n) is 3.64. The molecule has 2 rings (SSSR count). The zero-order valence-corrected chi connectivity index (χ0v) is 12.2. The molecule has 1 saturated heterocycles. The summed E-state index contributed by atoms with van der Waals surface area (Å²) in [5.74, 6) is 0.471. The van der Waals surface area contributed by atoms with E-state index in [0.29, 0.717) is 19.0 Å². The Bertz CT molecular complexity index is 624. The summed E-state index contributed by atoms with van der Waals surface area (Å²) in [5.41, 5.74) is 5.95. The fourth-order valence-corrected chi connectivity index (χ4v) is 4.17. The van der Waals surface area contributed by atoms with Crippen LogP contribution in [0.4, 0.5) is 0 Å². The standard InChI is InChI=1S/C13H18N4O2S/c1-10-2-3-17(12(4-10)7-15)20(18,19)13-5-11(6-14)8-16-9-13/h5,8-10,12H,2-4,7,15H2,1H3. The predicted molar refractivity (Wildman–Crippen MR) is 74.1 cm³/mol. The van der Waals surface area contributed by atoms with E-state index in [1.807, 2.05) is 6.07 Å². The van der Waals surface area contributed by atoms with Crippen LogP contribution in [0.5, 0.6) is 0 Å². The van der Waals surface area contributed by atoms with Gasteiger partial charge in [-0.3, -0.25) is 4.98 Å². The highest BCUT2D eigenvalue weighted by Gasteiger charge is 2.35. The minimum atomic E-state index is -3.64. The molecule has 0 amide bonds. The smallest absolute Gasteiger partial charge is 0.244 e. The summed E-state index contributed by atoms with van der Waals surface area (Å²) in [4.78, 5) is 3.88. The highest BCUT2D eigenvalue weighted by molar-refractivity contribution is 7.89. The maximum absolute atomic E-state index is 12.7. The van der Waals surface area contributed by atoms with Crippen LogP contribution >= 0.6 is 0 Å². The van der Waals surface area contributed by atoms with Gasteiger partial charge in [-0.05, 0) is 24.8 Å². The van der Waals surface area contributed by atoms with Gasteiger partial charge in [-0.1, -0.05) is 6.92 Å². The quantitative estimate of drug-likeness (QED) is 0.884. The first-order valence-electron chi connectivity index (χ1n) is 6.56. The molecular formula is C13H18N4O2S. The van der Waals surface area contributed by atoms with Crippen LogP contribution in [-0.4, -0.2) is 36.8 Å². The zero-order chi connectivity index (χ0) is 14.8. The lowest BCUT2D eigenvalue weighted by Crippen LogP contribution is -2.49. The van der Waals surface area contributed by atoms with Crippen LogP contribution in [0, 0.1) is 17.2 Å². The van der Waals surface area contributed by atoms with Gasteiger partial charge in [0.1, 0.15) is 11.0 Å². The van der Waals surface area contributed by atoms with Gasteiger partial charge in [0.05, 0.1) is 5.56 Å². The second kappa shape index (κ2) is 5.87. The second-order valence-electron chi connectivity index (χ2n) is 5.16. The van der Waals surface area contributed by atoms with E-state index in [4.69, 9.17) is 11.0 Å². The van der Waals surface area contributed by atoms with E-state index in [1.54, 1.807) is 0 Å². The van der Waals surface area contributed by atoms with Crippen molar-refractivity contribution in [2.45, 2.75) is 30.7 Å². The van der Waals surface area contributed by atoms with E-state index in [-0.39, 0.29) is 16.5 Å². The van der Waals surface area contributed by atoms with Gasteiger partial charge in [0, 0.05) is 31.5 Å². The number of rotatable bonds is 3. The van der Waals surface area contributed by atoms with E-state index < -0.39 is 10.0 Å². The number of nitrogens with two attached hydrogens (primary N) is 1. The summed E-state index contributed by atoms with van der Waals surface area (Å²) in [7, 11) is -3.64. The molecule has 7 heteroatoms. The van der Waals surface area contributed by atoms with Gasteiger partial charge >= 0.3 is 0 Å². The van der Waals surface area contributed by atoms with Gasteiger partial charge in [-0.2, -0.15) is 9.57 Å². The molecule has 0 radical (unpaired) electrons. The molecule has 6 nitrogen and oxygen atoms in total. The monoisotopic (exact) mass is 294 g/mol. The van der Waals surface area contributed by atoms with Gasteiger partial charge in [-0.15, -0.1) is 0 Å². The highest BCUT2D eigenvalue weighted by atomic mass is 32.2. The molecule has 2 atom stereocenters. The van der Waals surface area contributed by atoms with Crippen molar-refractivity contribution in [3.05, 3.63) is 24.0 Å². The molecule has 0 spiro atoms. The molecule has 1 aliphatic heterocycles. The molecule has 0 saturated carbocycles. The molecule has 2 heterocycles. The van der Waals surface area contributed by atoms with E-state index in [1.165, 1.54) is 22.8 Å². The van der Waals surface area contributed by atoms with Gasteiger partial charge in [-0.25, -0.2) is 8.42 Å². The lowest BCUT2D eigenvalue weighted by Gasteiger charge is -2.36. The molecule has 1 aromatic heterocycles. The largest absolute Gasteiger partial charge is 0.329 e. The van der Waals surface area contributed by atoms with Crippen LogP contribution in [0.2, 0.25) is 0 Å². The van der Waals surface area contributed by atoms with Gasteiger partial charge in [0.2, 0.25) is 10.0 Å². The number of pyridine rings is 1. The van der Waals surface area contributed by atoms with Crippen molar-refractivity contribution in [3.8, 4) is 6.07 Å². The number of aromatic nitrogens is 1. The molecule has 1 aliphatic rings. The SMILES string of the molecule is CC1CCN(S(=O)(=O)c2cncc(C#N)c2)C(CN)C1. The first-order chi connectivity index (χ1) is 9.48. The first kappa shape index (κ1) is 14.9. The summed E-state index contributed by atoms with van der Waals surface area (Å²) in [5, 5.41) is 8.85. The average Bonchev–Trinajstić information content (AvgIpc) is 2.46. The number of sulfonamides is 1. The van der Waals surface area contributed by atoms with E-state index in [9.17, 15) is 8.42 Å². The summed E-state index contributed by atoms with van der Waals surface area (Å²) in [6.07, 6.45) is 4.21. The van der Waals surface area contributed by atoms with E-state index in [2.05, 4.69) is 11.9 Å². The van der Waals surface area contributed by atoms with Crippen molar-refractivity contribution in [2.24, 2.45) is 11.7 Å². The molecule has 2 unspecified atom stereocenters. The molecule has 0 aliphatic carbocycles. The highest BCUT2D eigenvalue weighted by Crippen LogP contribution is 2.27. The summed E-state index contributed by atoms with van der Waals surface area (Å²) in [6, 6.07) is 3.07. The molecular weight excluding hydrogens is 276 g/mol. The molecule has 20 heavy (non-hydrogen) atoms. The van der Waals surface area contributed by atoms with Gasteiger partial charge in [0.25, 0.3) is 0 Å². The Morgan fingerprint density at radius 2 is 2.30 bits per heavy atom. The molecule has 108 valence electrons. The summed E-state index contributed by atoms with van der Waals surface area (Å²) >= 11 is 0. The molecule has 1 aromatic rings. The molecule has 1 fully saturated rings. The van der Waals surface area contributed by atoms with Crippen LogP contribution in [-0.2, 0) is 10.0 Å². The Morgan fingerprint density at radius 1 is 1.55 bits per heavy atom. The Balaban J connectivity index is 2.36. The normalized spacial score (nSPS) is 24.2. The van der Waals surface area contributed by atoms with Crippen LogP contribution in [0.3, 0.4) is 0 Å². The molecule has 0 aromatic carbocycles. The third-order valence-corrected chi connectivity index (χ3v) is 5.56. The maximum atomic E-state index is 12.7. The number of nitrogens with zero attached hydrogens (tertiary/aromatic N) is 3. The fraction of sp³-hybridized carbons (Fsp3) is 0.538. The predicted octanol–water partition coefficient (Wildman–Crippen LogP) is 0.701. The number of hydrogen-bond donors (Lipinski definition) is 1. The van der Waals surface area contributed by atoms with Crippen LogP contribution < -0.4 is 5.73 Å². The number of hydrogen-bond acceptors (Lipinski definition) is 5. The van der Waals surface area contributed by atoms with Crippen molar-refractivity contribution in [2.75, 3.05) is 13.1 Å². The topological polar surface area (TPSA) is 100 Å². The van der Waals surface area contributed by atoms with Crippen molar-refractivity contribution in [1.82, 2.24) is 9.29 Å². The number of piperidine rings is 1. The second-order valence-corrected chi connectivity index (χ2v) is 7.05. The third kappa shape index (κ3) is 2.82. The van der Waals surface area contributed by atoms with Crippen molar-refractivity contribution in [3.63, 3.8) is 0 Å². The number of nitriles is 1. The molecule has 0 bridgehead atoms. The first-order valence-corrected chi connectivity index (χ1v) is 8.00. The fourth-order valence-electron chi connectivity index (χ4n) is 2.52. The van der Waals surface area contributed by atoms with E-state index >= 15 is 0 Å². The van der Waals surface area contributed by atoms with Crippen molar-refractivity contribution >= 4 is 10.0 Å². The van der Waals surface area contributed by atoms with Crippen LogP contribution in [0.1, 0.15) is 25.3 Å². The van der Waals surface area contributed by atoms with Gasteiger partial charge < -0.3 is 5.73 Å². The minimum Gasteiger partial charge on any atom is -0.329 e. The molecule has 2 N–H and O–H groups in total. The van der Waals surface area contributed by atoms with Crippen molar-refractivity contribution < 1.29 is 8.42 Å². The van der Waals surface area contributed by atoms with Crippen LogP contribution in [0.25, 0.3) is 0 Å². The Morgan fingerprint density at radius 3 is 2.95 bits per heavy atom. The zero-order valence-electron chi connectivity index (χ0n) is 11.4.